The molecule has 3 rings (SSSR count). The van der Waals surface area contributed by atoms with Crippen molar-refractivity contribution < 1.29 is 14.7 Å². The lowest BCUT2D eigenvalue weighted by Gasteiger charge is -2.09. The minimum Gasteiger partial charge on any atom is -0.478 e. The summed E-state index contributed by atoms with van der Waals surface area (Å²) in [6.07, 6.45) is 6.82. The zero-order chi connectivity index (χ0) is 22.1. The monoisotopic (exact) mass is 435 g/mol. The molecule has 0 atom stereocenters. The number of carbonyl (C=O) groups is 2. The second-order valence-electron chi connectivity index (χ2n) is 7.55. The molecule has 4 nitrogen and oxygen atoms in total. The Kier molecular flexibility index (Phi) is 8.25. The lowest BCUT2D eigenvalue weighted by atomic mass is 10.0. The Labute approximate surface area is 187 Å². The van der Waals surface area contributed by atoms with Gasteiger partial charge in [0.2, 0.25) is 0 Å². The second-order valence-corrected chi connectivity index (χ2v) is 7.98. The smallest absolute Gasteiger partial charge is 0.337 e. The van der Waals surface area contributed by atoms with Crippen molar-refractivity contribution in [1.82, 2.24) is 0 Å². The third kappa shape index (κ3) is 6.97. The minimum absolute atomic E-state index is 0.0373. The van der Waals surface area contributed by atoms with Gasteiger partial charge < -0.3 is 10.4 Å². The van der Waals surface area contributed by atoms with Gasteiger partial charge in [0.1, 0.15) is 0 Å². The Balaban J connectivity index is 1.44. The molecule has 2 N–H and O–H groups in total. The van der Waals surface area contributed by atoms with Crippen LogP contribution in [0, 0.1) is 0 Å². The van der Waals surface area contributed by atoms with Crippen molar-refractivity contribution in [2.45, 2.75) is 38.5 Å². The maximum Gasteiger partial charge on any atom is 0.337 e. The number of halogens is 1. The first-order valence-electron chi connectivity index (χ1n) is 10.5. The molecule has 0 saturated heterocycles. The number of carboxylic acid groups (broad SMARTS) is 1. The summed E-state index contributed by atoms with van der Waals surface area (Å²) in [6.45, 7) is 0. The van der Waals surface area contributed by atoms with Crippen molar-refractivity contribution in [3.05, 3.63) is 100 Å². The lowest BCUT2D eigenvalue weighted by Crippen LogP contribution is -2.14. The van der Waals surface area contributed by atoms with Crippen molar-refractivity contribution in [1.29, 1.82) is 0 Å². The highest BCUT2D eigenvalue weighted by atomic mass is 35.5. The Morgan fingerprint density at radius 1 is 0.774 bits per heavy atom. The standard InChI is InChI=1S/C26H26ClNO3/c27-22-16-17-24(23(18-22)26(30)31)28-25(29)21-14-12-20(13-15-21)11-5-2-1-4-8-19-9-6-3-7-10-19/h3,6-7,9-10,12-18H,1-2,4-5,8,11H2,(H,28,29)(H,30,31). The molecule has 0 unspecified atom stereocenters. The molecular formula is C26H26ClNO3. The Bertz CT molecular complexity index is 1020. The summed E-state index contributed by atoms with van der Waals surface area (Å²) in [7, 11) is 0. The van der Waals surface area contributed by atoms with Crippen molar-refractivity contribution in [2.75, 3.05) is 5.32 Å². The van der Waals surface area contributed by atoms with Crippen molar-refractivity contribution in [2.24, 2.45) is 0 Å². The molecule has 160 valence electrons. The number of carbonyl (C=O) groups excluding carboxylic acids is 1. The van der Waals surface area contributed by atoms with Crippen molar-refractivity contribution in [3.63, 3.8) is 0 Å². The lowest BCUT2D eigenvalue weighted by molar-refractivity contribution is 0.0698. The van der Waals surface area contributed by atoms with Gasteiger partial charge in [-0.3, -0.25) is 4.79 Å². The Hall–Kier alpha value is -3.11. The third-order valence-corrected chi connectivity index (χ3v) is 5.44. The zero-order valence-corrected chi connectivity index (χ0v) is 18.1. The van der Waals surface area contributed by atoms with E-state index in [1.165, 1.54) is 42.5 Å². The Morgan fingerprint density at radius 2 is 1.39 bits per heavy atom. The molecule has 3 aromatic carbocycles. The van der Waals surface area contributed by atoms with Gasteiger partial charge in [-0.1, -0.05) is 66.9 Å². The predicted octanol–water partition coefficient (Wildman–Crippen LogP) is 6.64. The van der Waals surface area contributed by atoms with Crippen LogP contribution in [0.15, 0.2) is 72.8 Å². The van der Waals surface area contributed by atoms with Crippen LogP contribution in [0.1, 0.15) is 57.5 Å². The van der Waals surface area contributed by atoms with Crippen LogP contribution in [0.3, 0.4) is 0 Å². The number of unbranched alkanes of at least 4 members (excludes halogenated alkanes) is 3. The number of aryl methyl sites for hydroxylation is 2. The average Bonchev–Trinajstić information content (AvgIpc) is 2.78. The van der Waals surface area contributed by atoms with Gasteiger partial charge in [0.05, 0.1) is 11.3 Å². The molecule has 0 aromatic heterocycles. The molecule has 0 saturated carbocycles. The van der Waals surface area contributed by atoms with Crippen LogP contribution in [0.25, 0.3) is 0 Å². The number of rotatable bonds is 10. The summed E-state index contributed by atoms with van der Waals surface area (Å²) < 4.78 is 0. The zero-order valence-electron chi connectivity index (χ0n) is 17.3. The van der Waals surface area contributed by atoms with E-state index < -0.39 is 5.97 Å². The van der Waals surface area contributed by atoms with Crippen molar-refractivity contribution >= 4 is 29.2 Å². The number of benzene rings is 3. The van der Waals surface area contributed by atoms with Crippen LogP contribution in [-0.4, -0.2) is 17.0 Å². The fourth-order valence-corrected chi connectivity index (χ4v) is 3.65. The number of nitrogens with one attached hydrogen (secondary N) is 1. The molecule has 0 spiro atoms. The number of anilines is 1. The van der Waals surface area contributed by atoms with E-state index in [9.17, 15) is 14.7 Å². The Morgan fingerprint density at radius 3 is 2.00 bits per heavy atom. The molecule has 1 amide bonds. The fraction of sp³-hybridized carbons (Fsp3) is 0.231. The summed E-state index contributed by atoms with van der Waals surface area (Å²) >= 11 is 5.85. The van der Waals surface area contributed by atoms with Gasteiger partial charge in [0, 0.05) is 10.6 Å². The van der Waals surface area contributed by atoms with Gasteiger partial charge in [-0.25, -0.2) is 4.79 Å². The van der Waals surface area contributed by atoms with Gasteiger partial charge in [-0.05, 0) is 67.1 Å². The molecule has 0 aliphatic rings. The number of amides is 1. The van der Waals surface area contributed by atoms with Crippen LogP contribution in [0.5, 0.6) is 0 Å². The van der Waals surface area contributed by atoms with E-state index in [2.05, 4.69) is 29.6 Å². The van der Waals surface area contributed by atoms with Crippen LogP contribution in [-0.2, 0) is 12.8 Å². The molecule has 0 heterocycles. The van der Waals surface area contributed by atoms with Gasteiger partial charge in [0.25, 0.3) is 5.91 Å². The number of aromatic carboxylic acids is 1. The molecule has 0 fully saturated rings. The number of hydrogen-bond donors (Lipinski definition) is 2. The van der Waals surface area contributed by atoms with Crippen molar-refractivity contribution in [3.8, 4) is 0 Å². The van der Waals surface area contributed by atoms with E-state index >= 15 is 0 Å². The van der Waals surface area contributed by atoms with Crippen LogP contribution < -0.4 is 5.32 Å². The molecule has 31 heavy (non-hydrogen) atoms. The van der Waals surface area contributed by atoms with E-state index in [1.807, 2.05) is 18.2 Å². The van der Waals surface area contributed by atoms with E-state index in [0.717, 1.165) is 19.3 Å². The highest BCUT2D eigenvalue weighted by Crippen LogP contribution is 2.22. The molecule has 0 radical (unpaired) electrons. The summed E-state index contributed by atoms with van der Waals surface area (Å²) in [5, 5.41) is 12.3. The SMILES string of the molecule is O=C(Nc1ccc(Cl)cc1C(=O)O)c1ccc(CCCCCCc2ccccc2)cc1. The molecule has 0 bridgehead atoms. The van der Waals surface area contributed by atoms with Gasteiger partial charge >= 0.3 is 5.97 Å². The molecule has 3 aromatic rings. The largest absolute Gasteiger partial charge is 0.478 e. The second kappa shape index (κ2) is 11.3. The van der Waals surface area contributed by atoms with Gasteiger partial charge in [-0.15, -0.1) is 0 Å². The number of carboxylic acids is 1. The highest BCUT2D eigenvalue weighted by molar-refractivity contribution is 6.31. The first kappa shape index (κ1) is 22.6. The van der Waals surface area contributed by atoms with E-state index in [1.54, 1.807) is 18.2 Å². The van der Waals surface area contributed by atoms with Gasteiger partial charge in [0.15, 0.2) is 0 Å². The fourth-order valence-electron chi connectivity index (χ4n) is 3.48. The van der Waals surface area contributed by atoms with Gasteiger partial charge in [-0.2, -0.15) is 0 Å². The first-order valence-corrected chi connectivity index (χ1v) is 10.9. The maximum absolute atomic E-state index is 12.5. The van der Waals surface area contributed by atoms with E-state index in [4.69, 9.17) is 11.6 Å². The molecule has 0 aliphatic heterocycles. The predicted molar refractivity (Wildman–Crippen MR) is 125 cm³/mol. The highest BCUT2D eigenvalue weighted by Gasteiger charge is 2.14. The summed E-state index contributed by atoms with van der Waals surface area (Å²) in [5.74, 6) is -1.49. The van der Waals surface area contributed by atoms with E-state index in [-0.39, 0.29) is 17.2 Å². The normalized spacial score (nSPS) is 10.6. The van der Waals surface area contributed by atoms with E-state index in [0.29, 0.717) is 10.6 Å². The quantitative estimate of drug-likeness (QED) is 0.351. The summed E-state index contributed by atoms with van der Waals surface area (Å²) in [6, 6.07) is 22.4. The van der Waals surface area contributed by atoms with Crippen LogP contribution in [0.2, 0.25) is 5.02 Å². The minimum atomic E-state index is -1.14. The third-order valence-electron chi connectivity index (χ3n) is 5.20. The summed E-state index contributed by atoms with van der Waals surface area (Å²) in [5.41, 5.74) is 3.26. The molecule has 0 aliphatic carbocycles. The van der Waals surface area contributed by atoms with Crippen LogP contribution in [0.4, 0.5) is 5.69 Å². The molecular weight excluding hydrogens is 410 g/mol. The summed E-state index contributed by atoms with van der Waals surface area (Å²) in [4.78, 5) is 23.9. The van der Waals surface area contributed by atoms with Crippen LogP contribution >= 0.6 is 11.6 Å². The average molecular weight is 436 g/mol. The first-order chi connectivity index (χ1) is 15.0. The topological polar surface area (TPSA) is 66.4 Å². The maximum atomic E-state index is 12.5. The molecule has 5 heteroatoms. The number of hydrogen-bond acceptors (Lipinski definition) is 2.